The van der Waals surface area contributed by atoms with Gasteiger partial charge in [-0.1, -0.05) is 18.9 Å². The van der Waals surface area contributed by atoms with E-state index in [4.69, 9.17) is 0 Å². The maximum atomic E-state index is 12.4. The molecule has 1 saturated carbocycles. The van der Waals surface area contributed by atoms with Crippen LogP contribution in [0.2, 0.25) is 0 Å². The summed E-state index contributed by atoms with van der Waals surface area (Å²) in [6.07, 6.45) is 10.7. The minimum absolute atomic E-state index is 0.0113. The van der Waals surface area contributed by atoms with Crippen LogP contribution in [-0.2, 0) is 14.3 Å². The number of aromatic nitrogens is 1. The number of nitrogens with zero attached hydrogens (tertiary/aromatic N) is 2. The number of hydrogen-bond acceptors (Lipinski definition) is 4. The smallest absolute Gasteiger partial charge is 0.325 e. The van der Waals surface area contributed by atoms with Crippen molar-refractivity contribution in [2.45, 2.75) is 31.7 Å². The van der Waals surface area contributed by atoms with Crippen molar-refractivity contribution in [1.82, 2.24) is 9.88 Å². The van der Waals surface area contributed by atoms with Crippen LogP contribution in [0.1, 0.15) is 31.2 Å². The molecule has 21 heavy (non-hydrogen) atoms. The second kappa shape index (κ2) is 7.57. The molecule has 0 bridgehead atoms. The lowest BCUT2D eigenvalue weighted by atomic mass is 10.2. The molecule has 1 aromatic rings. The molecule has 0 atom stereocenters. The quantitative estimate of drug-likeness (QED) is 0.614. The molecule has 2 rings (SSSR count). The van der Waals surface area contributed by atoms with Crippen LogP contribution in [0.25, 0.3) is 6.08 Å². The number of methoxy groups -OCH3 is 1. The Morgan fingerprint density at radius 1 is 1.43 bits per heavy atom. The monoisotopic (exact) mass is 288 g/mol. The molecule has 1 heterocycles. The van der Waals surface area contributed by atoms with Gasteiger partial charge in [0.2, 0.25) is 5.91 Å². The summed E-state index contributed by atoms with van der Waals surface area (Å²) < 4.78 is 4.69. The van der Waals surface area contributed by atoms with Gasteiger partial charge in [-0.15, -0.1) is 0 Å². The zero-order valence-corrected chi connectivity index (χ0v) is 12.2. The summed E-state index contributed by atoms with van der Waals surface area (Å²) in [5, 5.41) is 0. The van der Waals surface area contributed by atoms with Crippen molar-refractivity contribution in [1.29, 1.82) is 0 Å². The highest BCUT2D eigenvalue weighted by Crippen LogP contribution is 2.23. The number of esters is 1. The van der Waals surface area contributed by atoms with Crippen LogP contribution in [0.5, 0.6) is 0 Å². The molecule has 0 unspecified atom stereocenters. The highest BCUT2D eigenvalue weighted by atomic mass is 16.5. The van der Waals surface area contributed by atoms with Gasteiger partial charge in [-0.25, -0.2) is 0 Å². The molecule has 0 saturated heterocycles. The molecule has 0 aliphatic heterocycles. The SMILES string of the molecule is COC(=O)CN(C(=O)/C=C/c1cccnc1)C1CCCC1. The van der Waals surface area contributed by atoms with Crippen molar-refractivity contribution in [3.63, 3.8) is 0 Å². The van der Waals surface area contributed by atoms with Gasteiger partial charge in [0.25, 0.3) is 0 Å². The van der Waals surface area contributed by atoms with Crippen LogP contribution in [0.4, 0.5) is 0 Å². The summed E-state index contributed by atoms with van der Waals surface area (Å²) >= 11 is 0. The van der Waals surface area contributed by atoms with Crippen LogP contribution < -0.4 is 0 Å². The number of ether oxygens (including phenoxy) is 1. The van der Waals surface area contributed by atoms with Crippen LogP contribution in [0.3, 0.4) is 0 Å². The molecular formula is C16H20N2O3. The molecule has 0 spiro atoms. The molecule has 1 aliphatic carbocycles. The minimum atomic E-state index is -0.384. The zero-order chi connectivity index (χ0) is 15.1. The molecule has 1 amide bonds. The first-order chi connectivity index (χ1) is 10.2. The van der Waals surface area contributed by atoms with Crippen molar-refractivity contribution in [3.05, 3.63) is 36.2 Å². The molecule has 1 fully saturated rings. The summed E-state index contributed by atoms with van der Waals surface area (Å²) in [5.74, 6) is -0.541. The second-order valence-corrected chi connectivity index (χ2v) is 5.10. The van der Waals surface area contributed by atoms with Crippen molar-refractivity contribution in [2.75, 3.05) is 13.7 Å². The second-order valence-electron chi connectivity index (χ2n) is 5.10. The highest BCUT2D eigenvalue weighted by Gasteiger charge is 2.27. The lowest BCUT2D eigenvalue weighted by Gasteiger charge is -2.26. The average Bonchev–Trinajstić information content (AvgIpc) is 3.05. The van der Waals surface area contributed by atoms with Crippen molar-refractivity contribution in [2.24, 2.45) is 0 Å². The fraction of sp³-hybridized carbons (Fsp3) is 0.438. The van der Waals surface area contributed by atoms with Crippen LogP contribution in [0.15, 0.2) is 30.6 Å². The Hall–Kier alpha value is -2.17. The van der Waals surface area contributed by atoms with Gasteiger partial charge in [-0.05, 0) is 30.5 Å². The summed E-state index contributed by atoms with van der Waals surface area (Å²) in [6, 6.07) is 3.82. The molecule has 112 valence electrons. The van der Waals surface area contributed by atoms with Crippen molar-refractivity contribution in [3.8, 4) is 0 Å². The van der Waals surface area contributed by atoms with E-state index >= 15 is 0 Å². The molecule has 0 N–H and O–H groups in total. The van der Waals surface area contributed by atoms with E-state index in [2.05, 4.69) is 9.72 Å². The summed E-state index contributed by atoms with van der Waals surface area (Å²) in [6.45, 7) is 0.0113. The lowest BCUT2D eigenvalue weighted by molar-refractivity contribution is -0.146. The standard InChI is InChI=1S/C16H20N2O3/c1-21-16(20)12-18(14-6-2-3-7-14)15(19)9-8-13-5-4-10-17-11-13/h4-5,8-11,14H,2-3,6-7,12H2,1H3/b9-8+. The molecule has 1 aliphatic rings. The first-order valence-corrected chi connectivity index (χ1v) is 7.16. The van der Waals surface area contributed by atoms with Crippen molar-refractivity contribution >= 4 is 18.0 Å². The largest absolute Gasteiger partial charge is 0.468 e. The molecular weight excluding hydrogens is 268 g/mol. The van der Waals surface area contributed by atoms with Gasteiger partial charge in [0.05, 0.1) is 7.11 Å². The van der Waals surface area contributed by atoms with E-state index in [-0.39, 0.29) is 24.5 Å². The third-order valence-electron chi connectivity index (χ3n) is 3.68. The summed E-state index contributed by atoms with van der Waals surface area (Å²) in [5.41, 5.74) is 0.857. The maximum absolute atomic E-state index is 12.4. The van der Waals surface area contributed by atoms with Gasteiger partial charge < -0.3 is 9.64 Å². The van der Waals surface area contributed by atoms with E-state index in [0.29, 0.717) is 0 Å². The molecule has 5 nitrogen and oxygen atoms in total. The topological polar surface area (TPSA) is 59.5 Å². The molecule has 1 aromatic heterocycles. The molecule has 5 heteroatoms. The Balaban J connectivity index is 2.06. The third-order valence-corrected chi connectivity index (χ3v) is 3.68. The van der Waals surface area contributed by atoms with Gasteiger partial charge in [0.15, 0.2) is 0 Å². The van der Waals surface area contributed by atoms with Gasteiger partial charge in [0.1, 0.15) is 6.54 Å². The molecule has 0 aromatic carbocycles. The van der Waals surface area contributed by atoms with E-state index in [1.165, 1.54) is 13.2 Å². The Labute approximate surface area is 124 Å². The number of carbonyl (C=O) groups is 2. The lowest BCUT2D eigenvalue weighted by Crippen LogP contribution is -2.41. The first-order valence-electron chi connectivity index (χ1n) is 7.16. The number of carbonyl (C=O) groups excluding carboxylic acids is 2. The van der Waals surface area contributed by atoms with E-state index in [1.807, 2.05) is 12.1 Å². The predicted molar refractivity (Wildman–Crippen MR) is 79.3 cm³/mol. The normalized spacial score (nSPS) is 15.3. The van der Waals surface area contributed by atoms with E-state index in [0.717, 1.165) is 31.2 Å². The summed E-state index contributed by atoms with van der Waals surface area (Å²) in [4.78, 5) is 29.5. The number of hydrogen-bond donors (Lipinski definition) is 0. The van der Waals surface area contributed by atoms with Crippen LogP contribution in [-0.4, -0.2) is 41.5 Å². The highest BCUT2D eigenvalue weighted by molar-refractivity contribution is 5.93. The fourth-order valence-electron chi connectivity index (χ4n) is 2.54. The zero-order valence-electron chi connectivity index (χ0n) is 12.2. The Kier molecular flexibility index (Phi) is 5.49. The number of rotatable bonds is 5. The van der Waals surface area contributed by atoms with Gasteiger partial charge >= 0.3 is 5.97 Å². The fourth-order valence-corrected chi connectivity index (χ4v) is 2.54. The average molecular weight is 288 g/mol. The third kappa shape index (κ3) is 4.41. The Bertz CT molecular complexity index is 508. The first kappa shape index (κ1) is 15.2. The van der Waals surface area contributed by atoms with E-state index in [9.17, 15) is 9.59 Å². The van der Waals surface area contributed by atoms with Gasteiger partial charge in [0, 0.05) is 24.5 Å². The van der Waals surface area contributed by atoms with Crippen LogP contribution >= 0.6 is 0 Å². The van der Waals surface area contributed by atoms with Gasteiger partial charge in [-0.3, -0.25) is 14.6 Å². The predicted octanol–water partition coefficient (Wildman–Crippen LogP) is 2.04. The van der Waals surface area contributed by atoms with Gasteiger partial charge in [-0.2, -0.15) is 0 Å². The molecule has 0 radical (unpaired) electrons. The van der Waals surface area contributed by atoms with E-state index < -0.39 is 0 Å². The Morgan fingerprint density at radius 3 is 2.81 bits per heavy atom. The number of pyridine rings is 1. The van der Waals surface area contributed by atoms with E-state index in [1.54, 1.807) is 23.4 Å². The maximum Gasteiger partial charge on any atom is 0.325 e. The minimum Gasteiger partial charge on any atom is -0.468 e. The number of amides is 1. The summed E-state index contributed by atoms with van der Waals surface area (Å²) in [7, 11) is 1.34. The Morgan fingerprint density at radius 2 is 2.19 bits per heavy atom. The van der Waals surface area contributed by atoms with Crippen molar-refractivity contribution < 1.29 is 14.3 Å². The van der Waals surface area contributed by atoms with Crippen LogP contribution in [0, 0.1) is 0 Å².